The molecule has 6 nitrogen and oxygen atoms in total. The molecule has 0 heterocycles. The normalized spacial score (nSPS) is 15.8. The van der Waals surface area contributed by atoms with Gasteiger partial charge in [0.25, 0.3) is 0 Å². The van der Waals surface area contributed by atoms with E-state index in [1.54, 1.807) is 31.2 Å². The van der Waals surface area contributed by atoms with Gasteiger partial charge >= 0.3 is 5.97 Å². The highest BCUT2D eigenvalue weighted by molar-refractivity contribution is 7.91. The first-order valence-corrected chi connectivity index (χ1v) is 9.77. The van der Waals surface area contributed by atoms with E-state index in [2.05, 4.69) is 0 Å². The van der Waals surface area contributed by atoms with Gasteiger partial charge in [-0.05, 0) is 43.9 Å². The summed E-state index contributed by atoms with van der Waals surface area (Å²) in [4.78, 5) is 25.3. The molecule has 0 spiro atoms. The number of rotatable bonds is 8. The van der Waals surface area contributed by atoms with Gasteiger partial charge in [0.15, 0.2) is 9.84 Å². The van der Waals surface area contributed by atoms with E-state index in [0.717, 1.165) is 18.4 Å². The summed E-state index contributed by atoms with van der Waals surface area (Å²) in [5.41, 5.74) is 0.858. The van der Waals surface area contributed by atoms with Crippen LogP contribution < -0.4 is 0 Å². The fraction of sp³-hybridized carbons (Fsp3) is 0.529. The van der Waals surface area contributed by atoms with E-state index in [1.807, 2.05) is 0 Å². The second kappa shape index (κ2) is 7.34. The molecule has 1 aliphatic carbocycles. The van der Waals surface area contributed by atoms with E-state index >= 15 is 0 Å². The van der Waals surface area contributed by atoms with Crippen LogP contribution in [-0.2, 0) is 25.8 Å². The van der Waals surface area contributed by atoms with Crippen molar-refractivity contribution in [2.45, 2.75) is 56.5 Å². The molecule has 1 unspecified atom stereocenters. The van der Waals surface area contributed by atoms with Gasteiger partial charge in [0.2, 0.25) is 5.91 Å². The van der Waals surface area contributed by atoms with Gasteiger partial charge in [0, 0.05) is 12.5 Å². The summed E-state index contributed by atoms with van der Waals surface area (Å²) in [5.74, 6) is -1.11. The summed E-state index contributed by atoms with van der Waals surface area (Å²) in [7, 11) is -3.22. The lowest BCUT2D eigenvalue weighted by Gasteiger charge is -2.26. The van der Waals surface area contributed by atoms with E-state index < -0.39 is 21.8 Å². The molecule has 1 fully saturated rings. The van der Waals surface area contributed by atoms with Gasteiger partial charge in [-0.15, -0.1) is 0 Å². The van der Waals surface area contributed by atoms with Crippen molar-refractivity contribution in [2.75, 3.05) is 5.75 Å². The zero-order chi connectivity index (χ0) is 17.9. The van der Waals surface area contributed by atoms with E-state index in [1.165, 1.54) is 11.8 Å². The molecule has 1 atom stereocenters. The van der Waals surface area contributed by atoms with Gasteiger partial charge in [-0.2, -0.15) is 0 Å². The molecule has 1 aliphatic rings. The first kappa shape index (κ1) is 18.4. The largest absolute Gasteiger partial charge is 0.480 e. The van der Waals surface area contributed by atoms with Crippen molar-refractivity contribution in [3.8, 4) is 0 Å². The zero-order valence-corrected chi connectivity index (χ0v) is 14.8. The molecule has 1 saturated carbocycles. The third kappa shape index (κ3) is 4.35. The smallest absolute Gasteiger partial charge is 0.326 e. The highest BCUT2D eigenvalue weighted by atomic mass is 32.2. The number of aliphatic carboxylic acids is 1. The Balaban J connectivity index is 1.99. The van der Waals surface area contributed by atoms with Crippen LogP contribution in [0.2, 0.25) is 0 Å². The number of carboxylic acids is 1. The number of benzene rings is 1. The van der Waals surface area contributed by atoms with Gasteiger partial charge in [0.05, 0.1) is 10.6 Å². The lowest BCUT2D eigenvalue weighted by atomic mass is 10.1. The molecule has 0 bridgehead atoms. The van der Waals surface area contributed by atoms with E-state index in [4.69, 9.17) is 5.11 Å². The lowest BCUT2D eigenvalue weighted by Crippen LogP contribution is -2.44. The fourth-order valence-electron chi connectivity index (χ4n) is 2.62. The Hall–Kier alpha value is -1.89. The summed E-state index contributed by atoms with van der Waals surface area (Å²) in [5, 5.41) is 9.14. The zero-order valence-electron chi connectivity index (χ0n) is 13.9. The maximum atomic E-state index is 12.4. The Labute approximate surface area is 142 Å². The van der Waals surface area contributed by atoms with Crippen LogP contribution in [0.25, 0.3) is 0 Å². The molecule has 1 aromatic rings. The topological polar surface area (TPSA) is 91.8 Å². The Morgan fingerprint density at radius 3 is 2.29 bits per heavy atom. The quantitative estimate of drug-likeness (QED) is 0.770. The molecule has 2 rings (SSSR count). The molecule has 132 valence electrons. The third-order valence-corrected chi connectivity index (χ3v) is 6.04. The lowest BCUT2D eigenvalue weighted by molar-refractivity contribution is -0.150. The van der Waals surface area contributed by atoms with Crippen LogP contribution in [-0.4, -0.2) is 48.1 Å². The second-order valence-corrected chi connectivity index (χ2v) is 8.37. The molecule has 0 radical (unpaired) electrons. The van der Waals surface area contributed by atoms with Crippen molar-refractivity contribution in [3.05, 3.63) is 29.8 Å². The molecule has 0 saturated heterocycles. The Bertz CT molecular complexity index is 707. The first-order chi connectivity index (χ1) is 11.3. The van der Waals surface area contributed by atoms with Crippen molar-refractivity contribution in [1.29, 1.82) is 0 Å². The van der Waals surface area contributed by atoms with Crippen molar-refractivity contribution < 1.29 is 23.1 Å². The number of hydrogen-bond acceptors (Lipinski definition) is 4. The number of nitrogens with zero attached hydrogens (tertiary/aromatic N) is 1. The van der Waals surface area contributed by atoms with Crippen LogP contribution >= 0.6 is 0 Å². The summed E-state index contributed by atoms with van der Waals surface area (Å²) in [6.45, 7) is 3.13. The van der Waals surface area contributed by atoms with Crippen LogP contribution in [0.15, 0.2) is 29.2 Å². The van der Waals surface area contributed by atoms with Crippen LogP contribution in [0.4, 0.5) is 0 Å². The minimum Gasteiger partial charge on any atom is -0.480 e. The van der Waals surface area contributed by atoms with Gasteiger partial charge in [-0.3, -0.25) is 4.79 Å². The highest BCUT2D eigenvalue weighted by Gasteiger charge is 2.37. The van der Waals surface area contributed by atoms with Crippen molar-refractivity contribution in [3.63, 3.8) is 0 Å². The molecular weight excluding hydrogens is 330 g/mol. The third-order valence-electron chi connectivity index (χ3n) is 4.29. The molecule has 1 aromatic carbocycles. The molecular formula is C17H23NO5S. The summed E-state index contributed by atoms with van der Waals surface area (Å²) >= 11 is 0. The minimum absolute atomic E-state index is 0.0423. The fourth-order valence-corrected chi connectivity index (χ4v) is 3.50. The molecule has 1 N–H and O–H groups in total. The molecule has 0 aliphatic heterocycles. The average Bonchev–Trinajstić information content (AvgIpc) is 3.38. The van der Waals surface area contributed by atoms with Crippen LogP contribution in [0, 0.1) is 0 Å². The Morgan fingerprint density at radius 1 is 1.25 bits per heavy atom. The highest BCUT2D eigenvalue weighted by Crippen LogP contribution is 2.29. The van der Waals surface area contributed by atoms with E-state index in [9.17, 15) is 18.0 Å². The molecule has 7 heteroatoms. The van der Waals surface area contributed by atoms with Crippen molar-refractivity contribution in [1.82, 2.24) is 4.90 Å². The molecule has 0 aromatic heterocycles. The number of amides is 1. The van der Waals surface area contributed by atoms with Crippen LogP contribution in [0.3, 0.4) is 0 Å². The molecule has 24 heavy (non-hydrogen) atoms. The van der Waals surface area contributed by atoms with E-state index in [0.29, 0.717) is 6.42 Å². The number of hydrogen-bond donors (Lipinski definition) is 1. The van der Waals surface area contributed by atoms with Gasteiger partial charge < -0.3 is 10.0 Å². The SMILES string of the molecule is CCS(=O)(=O)c1ccc(CCC(=O)N(C2CC2)C(C)C(=O)O)cc1. The van der Waals surface area contributed by atoms with Gasteiger partial charge in [-0.1, -0.05) is 19.1 Å². The second-order valence-electron chi connectivity index (χ2n) is 6.09. The van der Waals surface area contributed by atoms with Crippen LogP contribution in [0.5, 0.6) is 0 Å². The van der Waals surface area contributed by atoms with Crippen LogP contribution in [0.1, 0.15) is 38.7 Å². The first-order valence-electron chi connectivity index (χ1n) is 8.12. The predicted octanol–water partition coefficient (Wildman–Crippen LogP) is 1.88. The monoisotopic (exact) mass is 353 g/mol. The van der Waals surface area contributed by atoms with Gasteiger partial charge in [0.1, 0.15) is 6.04 Å². The van der Waals surface area contributed by atoms with Crippen molar-refractivity contribution in [2.24, 2.45) is 0 Å². The minimum atomic E-state index is -3.22. The summed E-state index contributed by atoms with van der Waals surface area (Å²) in [6, 6.07) is 5.74. The Morgan fingerprint density at radius 2 is 1.83 bits per heavy atom. The number of carbonyl (C=O) groups excluding carboxylic acids is 1. The maximum absolute atomic E-state index is 12.4. The average molecular weight is 353 g/mol. The summed E-state index contributed by atoms with van der Waals surface area (Å²) < 4.78 is 23.5. The van der Waals surface area contributed by atoms with Crippen molar-refractivity contribution >= 4 is 21.7 Å². The number of carbonyl (C=O) groups is 2. The Kier molecular flexibility index (Phi) is 5.64. The summed E-state index contributed by atoms with van der Waals surface area (Å²) in [6.07, 6.45) is 2.38. The number of aryl methyl sites for hydroxylation is 1. The predicted molar refractivity (Wildman–Crippen MR) is 89.5 cm³/mol. The number of sulfone groups is 1. The van der Waals surface area contributed by atoms with E-state index in [-0.39, 0.29) is 29.0 Å². The molecule has 1 amide bonds. The maximum Gasteiger partial charge on any atom is 0.326 e. The standard InChI is InChI=1S/C17H23NO5S/c1-3-24(22,23)15-9-4-13(5-10-15)6-11-16(19)18(14-7-8-14)12(2)17(20)21/h4-5,9-10,12,14H,3,6-8,11H2,1-2H3,(H,20,21). The van der Waals surface area contributed by atoms with Gasteiger partial charge in [-0.25, -0.2) is 13.2 Å². The number of carboxylic acid groups (broad SMARTS) is 1.